The molecule has 2 N–H and O–H groups in total. The van der Waals surface area contributed by atoms with Gasteiger partial charge in [0.1, 0.15) is 0 Å². The van der Waals surface area contributed by atoms with Gasteiger partial charge in [-0.05, 0) is 63.5 Å². The van der Waals surface area contributed by atoms with Gasteiger partial charge in [0.25, 0.3) is 0 Å². The summed E-state index contributed by atoms with van der Waals surface area (Å²) in [5.74, 6) is 2.28. The van der Waals surface area contributed by atoms with Crippen LogP contribution in [-0.2, 0) is 0 Å². The summed E-state index contributed by atoms with van der Waals surface area (Å²) in [5.41, 5.74) is 0. The first-order valence-electron chi connectivity index (χ1n) is 8.77. The molecule has 1 aliphatic heterocycles. The number of nitrogens with zero attached hydrogens (tertiary/aromatic N) is 1. The van der Waals surface area contributed by atoms with Gasteiger partial charge in [0.05, 0.1) is 0 Å². The van der Waals surface area contributed by atoms with Gasteiger partial charge in [-0.25, -0.2) is 0 Å². The van der Waals surface area contributed by atoms with Crippen LogP contribution in [-0.4, -0.2) is 49.3 Å². The molecular weight excluding hydrogens is 248 g/mol. The van der Waals surface area contributed by atoms with Crippen molar-refractivity contribution in [1.82, 2.24) is 10.2 Å². The molecule has 20 heavy (non-hydrogen) atoms. The summed E-state index contributed by atoms with van der Waals surface area (Å²) in [6.45, 7) is 6.27. The zero-order valence-electron chi connectivity index (χ0n) is 13.5. The summed E-state index contributed by atoms with van der Waals surface area (Å²) in [5, 5.41) is 12.9. The maximum absolute atomic E-state index is 9.39. The Morgan fingerprint density at radius 1 is 1.20 bits per heavy atom. The van der Waals surface area contributed by atoms with Gasteiger partial charge < -0.3 is 15.3 Å². The van der Waals surface area contributed by atoms with E-state index in [0.29, 0.717) is 18.6 Å². The minimum Gasteiger partial charge on any atom is -0.396 e. The first kappa shape index (κ1) is 16.3. The van der Waals surface area contributed by atoms with Crippen molar-refractivity contribution in [3.63, 3.8) is 0 Å². The van der Waals surface area contributed by atoms with Crippen molar-refractivity contribution in [3.8, 4) is 0 Å². The smallest absolute Gasteiger partial charge is 0.0471 e. The number of aliphatic hydroxyl groups is 1. The van der Waals surface area contributed by atoms with Crippen LogP contribution in [0.4, 0.5) is 0 Å². The Morgan fingerprint density at radius 3 is 2.75 bits per heavy atom. The van der Waals surface area contributed by atoms with Gasteiger partial charge in [-0.1, -0.05) is 19.8 Å². The molecule has 1 saturated carbocycles. The molecule has 1 heterocycles. The van der Waals surface area contributed by atoms with Crippen LogP contribution >= 0.6 is 0 Å². The van der Waals surface area contributed by atoms with Crippen LogP contribution in [0, 0.1) is 17.8 Å². The molecule has 0 aromatic rings. The predicted molar refractivity (Wildman–Crippen MR) is 84.8 cm³/mol. The minimum atomic E-state index is 0.370. The minimum absolute atomic E-state index is 0.370. The van der Waals surface area contributed by atoms with Crippen molar-refractivity contribution in [2.24, 2.45) is 17.8 Å². The number of rotatable bonds is 6. The Morgan fingerprint density at radius 2 is 2.05 bits per heavy atom. The summed E-state index contributed by atoms with van der Waals surface area (Å²) >= 11 is 0. The van der Waals surface area contributed by atoms with Gasteiger partial charge >= 0.3 is 0 Å². The fourth-order valence-corrected chi connectivity index (χ4v) is 4.41. The molecule has 0 bridgehead atoms. The SMILES string of the molecule is CCCC1CCC(NC)C(CN2CCCC(CO)C2)C1. The normalized spacial score (nSPS) is 36.1. The average molecular weight is 282 g/mol. The lowest BCUT2D eigenvalue weighted by Crippen LogP contribution is -2.47. The van der Waals surface area contributed by atoms with E-state index in [1.165, 1.54) is 58.0 Å². The zero-order valence-corrected chi connectivity index (χ0v) is 13.5. The lowest BCUT2D eigenvalue weighted by molar-refractivity contribution is 0.0830. The predicted octanol–water partition coefficient (Wildman–Crippen LogP) is 2.50. The molecular formula is C17H34N2O. The van der Waals surface area contributed by atoms with Crippen LogP contribution in [0.5, 0.6) is 0 Å². The molecule has 0 aromatic heterocycles. The molecule has 1 aliphatic carbocycles. The number of piperidine rings is 1. The van der Waals surface area contributed by atoms with Crippen molar-refractivity contribution in [2.75, 3.05) is 33.3 Å². The third kappa shape index (κ3) is 4.44. The number of hydrogen-bond donors (Lipinski definition) is 2. The van der Waals surface area contributed by atoms with E-state index in [2.05, 4.69) is 24.2 Å². The topological polar surface area (TPSA) is 35.5 Å². The standard InChI is InChI=1S/C17H34N2O/c1-3-5-14-7-8-17(18-2)16(10-14)12-19-9-4-6-15(11-19)13-20/h14-18,20H,3-13H2,1-2H3. The molecule has 2 rings (SSSR count). The van der Waals surface area contributed by atoms with Crippen molar-refractivity contribution >= 4 is 0 Å². The fourth-order valence-electron chi connectivity index (χ4n) is 4.41. The van der Waals surface area contributed by atoms with Gasteiger partial charge in [0, 0.05) is 25.7 Å². The molecule has 2 aliphatic rings. The quantitative estimate of drug-likeness (QED) is 0.786. The van der Waals surface area contributed by atoms with E-state index in [1.54, 1.807) is 0 Å². The zero-order chi connectivity index (χ0) is 14.4. The second-order valence-electron chi connectivity index (χ2n) is 7.07. The van der Waals surface area contributed by atoms with E-state index in [9.17, 15) is 5.11 Å². The highest BCUT2D eigenvalue weighted by Crippen LogP contribution is 2.33. The van der Waals surface area contributed by atoms with Gasteiger partial charge in [0.2, 0.25) is 0 Å². The highest BCUT2D eigenvalue weighted by Gasteiger charge is 2.31. The Balaban J connectivity index is 1.86. The summed E-state index contributed by atoms with van der Waals surface area (Å²) in [6, 6.07) is 0.706. The number of aliphatic hydroxyl groups excluding tert-OH is 1. The monoisotopic (exact) mass is 282 g/mol. The Bertz CT molecular complexity index is 272. The molecule has 0 radical (unpaired) electrons. The van der Waals surface area contributed by atoms with E-state index < -0.39 is 0 Å². The second kappa shape index (κ2) is 8.35. The maximum atomic E-state index is 9.39. The molecule has 0 amide bonds. The largest absolute Gasteiger partial charge is 0.396 e. The van der Waals surface area contributed by atoms with Gasteiger partial charge in [-0.3, -0.25) is 0 Å². The van der Waals surface area contributed by atoms with E-state index in [-0.39, 0.29) is 0 Å². The molecule has 1 saturated heterocycles. The number of hydrogen-bond acceptors (Lipinski definition) is 3. The van der Waals surface area contributed by atoms with Crippen LogP contribution in [0.1, 0.15) is 51.9 Å². The summed E-state index contributed by atoms with van der Waals surface area (Å²) in [4.78, 5) is 2.62. The average Bonchev–Trinajstić information content (AvgIpc) is 2.48. The highest BCUT2D eigenvalue weighted by molar-refractivity contribution is 4.87. The van der Waals surface area contributed by atoms with Gasteiger partial charge in [0.15, 0.2) is 0 Å². The van der Waals surface area contributed by atoms with E-state index in [0.717, 1.165) is 18.4 Å². The lowest BCUT2D eigenvalue weighted by Gasteiger charge is -2.41. The molecule has 2 fully saturated rings. The number of likely N-dealkylation sites (tertiary alicyclic amines) is 1. The molecule has 118 valence electrons. The Kier molecular flexibility index (Phi) is 6.79. The second-order valence-corrected chi connectivity index (χ2v) is 7.07. The van der Waals surface area contributed by atoms with Crippen LogP contribution in [0.15, 0.2) is 0 Å². The van der Waals surface area contributed by atoms with Crippen molar-refractivity contribution in [2.45, 2.75) is 57.9 Å². The van der Waals surface area contributed by atoms with Crippen LogP contribution in [0.2, 0.25) is 0 Å². The third-order valence-electron chi connectivity index (χ3n) is 5.51. The van der Waals surface area contributed by atoms with Gasteiger partial charge in [-0.2, -0.15) is 0 Å². The third-order valence-corrected chi connectivity index (χ3v) is 5.51. The first-order valence-corrected chi connectivity index (χ1v) is 8.77. The molecule has 4 atom stereocenters. The van der Waals surface area contributed by atoms with Gasteiger partial charge in [-0.15, -0.1) is 0 Å². The van der Waals surface area contributed by atoms with E-state index in [1.807, 2.05) is 0 Å². The molecule has 0 aromatic carbocycles. The van der Waals surface area contributed by atoms with Crippen molar-refractivity contribution in [1.29, 1.82) is 0 Å². The Labute approximate surface area is 125 Å². The maximum Gasteiger partial charge on any atom is 0.0471 e. The highest BCUT2D eigenvalue weighted by atomic mass is 16.3. The van der Waals surface area contributed by atoms with Crippen molar-refractivity contribution < 1.29 is 5.11 Å². The Hall–Kier alpha value is -0.120. The van der Waals surface area contributed by atoms with E-state index in [4.69, 9.17) is 0 Å². The fraction of sp³-hybridized carbons (Fsp3) is 1.00. The number of nitrogens with one attached hydrogen (secondary N) is 1. The van der Waals surface area contributed by atoms with Crippen LogP contribution in [0.25, 0.3) is 0 Å². The van der Waals surface area contributed by atoms with Crippen LogP contribution < -0.4 is 5.32 Å². The molecule has 3 nitrogen and oxygen atoms in total. The summed E-state index contributed by atoms with van der Waals surface area (Å²) in [7, 11) is 2.13. The van der Waals surface area contributed by atoms with E-state index >= 15 is 0 Å². The summed E-state index contributed by atoms with van der Waals surface area (Å²) in [6.07, 6.45) is 9.38. The molecule has 3 heteroatoms. The summed E-state index contributed by atoms with van der Waals surface area (Å²) < 4.78 is 0. The lowest BCUT2D eigenvalue weighted by atomic mass is 9.76. The van der Waals surface area contributed by atoms with Crippen molar-refractivity contribution in [3.05, 3.63) is 0 Å². The molecule has 0 spiro atoms. The molecule has 4 unspecified atom stereocenters. The first-order chi connectivity index (χ1) is 9.76. The van der Waals surface area contributed by atoms with Crippen LogP contribution in [0.3, 0.4) is 0 Å².